The average molecular weight is 529 g/mol. The summed E-state index contributed by atoms with van der Waals surface area (Å²) in [5.74, 6) is 1.52. The molecule has 3 rings (SSSR count). The van der Waals surface area contributed by atoms with Gasteiger partial charge in [-0.25, -0.2) is 14.8 Å². The summed E-state index contributed by atoms with van der Waals surface area (Å²) in [6.45, 7) is 6.67. The van der Waals surface area contributed by atoms with E-state index in [-0.39, 0.29) is 0 Å². The Hall–Kier alpha value is -3.47. The number of aromatic nitrogens is 2. The van der Waals surface area contributed by atoms with Crippen LogP contribution in [0.5, 0.6) is 11.5 Å². The molecular weight excluding hydrogens is 484 g/mol. The van der Waals surface area contributed by atoms with Crippen molar-refractivity contribution in [2.24, 2.45) is 0 Å². The van der Waals surface area contributed by atoms with E-state index in [1.54, 1.807) is 24.3 Å². The van der Waals surface area contributed by atoms with Crippen molar-refractivity contribution in [3.63, 3.8) is 0 Å². The fraction of sp³-hybridized carbons (Fsp3) is 0.441. The lowest BCUT2D eigenvalue weighted by atomic mass is 10.1. The molecule has 208 valence electrons. The fourth-order valence-electron chi connectivity index (χ4n) is 4.38. The molecule has 0 saturated carbocycles. The van der Waals surface area contributed by atoms with Crippen molar-refractivity contribution in [2.45, 2.75) is 90.4 Å². The minimum atomic E-state index is -0.397. The van der Waals surface area contributed by atoms with Crippen LogP contribution in [-0.2, 0) is 6.42 Å². The number of aryl methyl sites for hydroxylation is 1. The number of hydrogen-bond acceptors (Lipinski definition) is 5. The van der Waals surface area contributed by atoms with E-state index in [1.807, 2.05) is 42.7 Å². The van der Waals surface area contributed by atoms with Crippen LogP contribution in [0, 0.1) is 0 Å². The zero-order valence-electron chi connectivity index (χ0n) is 23.6. The first-order chi connectivity index (χ1) is 19.2. The van der Waals surface area contributed by atoms with Crippen LogP contribution in [-0.4, -0.2) is 22.5 Å². The van der Waals surface area contributed by atoms with Gasteiger partial charge in [0.15, 0.2) is 5.82 Å². The molecule has 0 radical (unpaired) electrons. The Labute approximate surface area is 234 Å². The van der Waals surface area contributed by atoms with Crippen molar-refractivity contribution in [1.29, 1.82) is 0 Å². The van der Waals surface area contributed by atoms with E-state index < -0.39 is 5.97 Å². The van der Waals surface area contributed by atoms with Gasteiger partial charge >= 0.3 is 5.97 Å². The van der Waals surface area contributed by atoms with Gasteiger partial charge in [0, 0.05) is 18.0 Å². The molecule has 1 aromatic heterocycles. The lowest BCUT2D eigenvalue weighted by Gasteiger charge is -2.08. The summed E-state index contributed by atoms with van der Waals surface area (Å²) < 4.78 is 11.4. The fourth-order valence-corrected chi connectivity index (χ4v) is 4.38. The molecule has 0 fully saturated rings. The quantitative estimate of drug-likeness (QED) is 0.0672. The van der Waals surface area contributed by atoms with Gasteiger partial charge < -0.3 is 9.47 Å². The van der Waals surface area contributed by atoms with Crippen molar-refractivity contribution < 1.29 is 14.3 Å². The van der Waals surface area contributed by atoms with Crippen LogP contribution < -0.4 is 9.47 Å². The van der Waals surface area contributed by atoms with Gasteiger partial charge in [0.05, 0.1) is 12.2 Å². The molecule has 0 atom stereocenters. The van der Waals surface area contributed by atoms with Crippen LogP contribution in [0.3, 0.4) is 0 Å². The summed E-state index contributed by atoms with van der Waals surface area (Å²) in [7, 11) is 0. The van der Waals surface area contributed by atoms with Crippen molar-refractivity contribution in [3.05, 3.63) is 84.7 Å². The van der Waals surface area contributed by atoms with E-state index >= 15 is 0 Å². The summed E-state index contributed by atoms with van der Waals surface area (Å²) in [6, 6.07) is 14.4. The lowest BCUT2D eigenvalue weighted by molar-refractivity contribution is 0.0734. The van der Waals surface area contributed by atoms with Gasteiger partial charge in [0.25, 0.3) is 0 Å². The highest BCUT2D eigenvalue weighted by Crippen LogP contribution is 2.21. The number of hydrogen-bond donors (Lipinski definition) is 0. The Balaban J connectivity index is 1.37. The van der Waals surface area contributed by atoms with Crippen LogP contribution in [0.25, 0.3) is 11.4 Å². The van der Waals surface area contributed by atoms with Crippen LogP contribution in [0.1, 0.15) is 99.9 Å². The summed E-state index contributed by atoms with van der Waals surface area (Å²) in [5.41, 5.74) is 2.54. The summed E-state index contributed by atoms with van der Waals surface area (Å²) in [4.78, 5) is 21.6. The lowest BCUT2D eigenvalue weighted by Crippen LogP contribution is -2.08. The summed E-state index contributed by atoms with van der Waals surface area (Å²) in [6.07, 6.45) is 21.5. The monoisotopic (exact) mass is 528 g/mol. The molecule has 3 aromatic rings. The van der Waals surface area contributed by atoms with E-state index in [4.69, 9.17) is 9.47 Å². The number of rotatable bonds is 19. The van der Waals surface area contributed by atoms with Crippen LogP contribution in [0.4, 0.5) is 0 Å². The second-order valence-electron chi connectivity index (χ2n) is 10.1. The van der Waals surface area contributed by atoms with Crippen molar-refractivity contribution >= 4 is 5.97 Å². The Kier molecular flexibility index (Phi) is 13.8. The van der Waals surface area contributed by atoms with Gasteiger partial charge in [-0.15, -0.1) is 6.58 Å². The maximum absolute atomic E-state index is 12.6. The third kappa shape index (κ3) is 11.4. The highest BCUT2D eigenvalue weighted by molar-refractivity contribution is 5.91. The number of benzene rings is 2. The molecule has 0 aliphatic heterocycles. The standard InChI is InChI=1S/C34H44N2O3/c1-3-5-7-9-10-11-12-13-15-25-38-31-21-19-30(20-22-31)34(37)39-32-23-17-29(18-24-32)33-35-26-28(27-36-33)16-14-8-6-4-2/h3,17-24,26-27H,1,4-16,25H2,2H3. The Morgan fingerprint density at radius 2 is 1.38 bits per heavy atom. The van der Waals surface area contributed by atoms with E-state index in [1.165, 1.54) is 64.2 Å². The molecule has 2 aromatic carbocycles. The Morgan fingerprint density at radius 3 is 2.05 bits per heavy atom. The molecule has 0 amide bonds. The van der Waals surface area contributed by atoms with E-state index in [0.717, 1.165) is 36.1 Å². The number of carbonyl (C=O) groups is 1. The number of ether oxygens (including phenoxy) is 2. The van der Waals surface area contributed by atoms with Gasteiger partial charge in [-0.05, 0) is 86.2 Å². The van der Waals surface area contributed by atoms with Gasteiger partial charge in [0.2, 0.25) is 0 Å². The highest BCUT2D eigenvalue weighted by atomic mass is 16.5. The van der Waals surface area contributed by atoms with E-state index in [0.29, 0.717) is 23.7 Å². The second-order valence-corrected chi connectivity index (χ2v) is 10.1. The zero-order chi connectivity index (χ0) is 27.5. The predicted octanol–water partition coefficient (Wildman–Crippen LogP) is 9.17. The molecule has 5 heteroatoms. The topological polar surface area (TPSA) is 61.3 Å². The van der Waals surface area contributed by atoms with Gasteiger partial charge in [-0.3, -0.25) is 0 Å². The van der Waals surface area contributed by atoms with Crippen LogP contribution in [0.2, 0.25) is 0 Å². The zero-order valence-corrected chi connectivity index (χ0v) is 23.6. The normalized spacial score (nSPS) is 10.8. The van der Waals surface area contributed by atoms with Crippen molar-refractivity contribution in [3.8, 4) is 22.9 Å². The third-order valence-corrected chi connectivity index (χ3v) is 6.76. The second kappa shape index (κ2) is 17.9. The van der Waals surface area contributed by atoms with Gasteiger partial charge in [-0.2, -0.15) is 0 Å². The van der Waals surface area contributed by atoms with E-state index in [9.17, 15) is 4.79 Å². The van der Waals surface area contributed by atoms with E-state index in [2.05, 4.69) is 23.5 Å². The van der Waals surface area contributed by atoms with Gasteiger partial charge in [0.1, 0.15) is 11.5 Å². The van der Waals surface area contributed by atoms with Crippen molar-refractivity contribution in [2.75, 3.05) is 6.61 Å². The molecule has 0 aliphatic rings. The Bertz CT molecular complexity index is 1090. The Morgan fingerprint density at radius 1 is 0.769 bits per heavy atom. The number of nitrogens with zero attached hydrogens (tertiary/aromatic N) is 2. The summed E-state index contributed by atoms with van der Waals surface area (Å²) >= 11 is 0. The minimum absolute atomic E-state index is 0.397. The molecule has 0 aliphatic carbocycles. The molecule has 0 bridgehead atoms. The first-order valence-electron chi connectivity index (χ1n) is 14.7. The first kappa shape index (κ1) is 30.1. The summed E-state index contributed by atoms with van der Waals surface area (Å²) in [5, 5.41) is 0. The number of unbranched alkanes of at least 4 members (excludes halogenated alkanes) is 10. The van der Waals surface area contributed by atoms with Crippen LogP contribution >= 0.6 is 0 Å². The predicted molar refractivity (Wildman–Crippen MR) is 159 cm³/mol. The smallest absolute Gasteiger partial charge is 0.343 e. The van der Waals surface area contributed by atoms with Crippen molar-refractivity contribution in [1.82, 2.24) is 9.97 Å². The SMILES string of the molecule is C=CCCCCCCCCCOc1ccc(C(=O)Oc2ccc(-c3ncc(CCCCCC)cn3)cc2)cc1. The minimum Gasteiger partial charge on any atom is -0.494 e. The molecular formula is C34H44N2O3. The molecule has 1 heterocycles. The molecule has 0 saturated heterocycles. The molecule has 0 unspecified atom stereocenters. The molecule has 0 spiro atoms. The average Bonchev–Trinajstić information content (AvgIpc) is 2.97. The first-order valence-corrected chi connectivity index (χ1v) is 14.7. The third-order valence-electron chi connectivity index (χ3n) is 6.76. The number of esters is 1. The maximum Gasteiger partial charge on any atom is 0.343 e. The highest BCUT2D eigenvalue weighted by Gasteiger charge is 2.10. The maximum atomic E-state index is 12.6. The van der Waals surface area contributed by atoms with Crippen LogP contribution in [0.15, 0.2) is 73.6 Å². The largest absolute Gasteiger partial charge is 0.494 e. The number of carbonyl (C=O) groups excluding carboxylic acids is 1. The molecule has 0 N–H and O–H groups in total. The number of allylic oxidation sites excluding steroid dienone is 1. The van der Waals surface area contributed by atoms with Gasteiger partial charge in [-0.1, -0.05) is 64.4 Å². The molecule has 39 heavy (non-hydrogen) atoms. The molecule has 5 nitrogen and oxygen atoms in total.